The number of hydrogen-bond acceptors (Lipinski definition) is 5. The van der Waals surface area contributed by atoms with Crippen molar-refractivity contribution in [2.75, 3.05) is 30.8 Å². The van der Waals surface area contributed by atoms with Crippen molar-refractivity contribution in [2.24, 2.45) is 0 Å². The van der Waals surface area contributed by atoms with Crippen molar-refractivity contribution in [3.63, 3.8) is 0 Å². The molecule has 106 valence electrons. The molecule has 0 amide bonds. The Morgan fingerprint density at radius 1 is 1.37 bits per heavy atom. The monoisotopic (exact) mass is 263 g/mol. The van der Waals surface area contributed by atoms with Gasteiger partial charge in [0, 0.05) is 31.2 Å². The van der Waals surface area contributed by atoms with Gasteiger partial charge in [0.05, 0.1) is 0 Å². The van der Waals surface area contributed by atoms with E-state index in [1.807, 2.05) is 6.07 Å². The second kappa shape index (κ2) is 6.70. The van der Waals surface area contributed by atoms with E-state index >= 15 is 0 Å². The highest BCUT2D eigenvalue weighted by molar-refractivity contribution is 5.46. The number of likely N-dealkylation sites (tertiary alicyclic amines) is 1. The molecular formula is C14H25N5. The number of hydrogen-bond donors (Lipinski definition) is 2. The van der Waals surface area contributed by atoms with Crippen LogP contribution in [-0.4, -0.2) is 47.1 Å². The fraction of sp³-hybridized carbons (Fsp3) is 0.714. The molecule has 0 bridgehead atoms. The van der Waals surface area contributed by atoms with Crippen LogP contribution in [0.4, 0.5) is 11.6 Å². The Morgan fingerprint density at radius 2 is 2.16 bits per heavy atom. The van der Waals surface area contributed by atoms with Gasteiger partial charge in [0.15, 0.2) is 0 Å². The van der Waals surface area contributed by atoms with E-state index in [0.717, 1.165) is 37.6 Å². The second-order valence-electron chi connectivity index (χ2n) is 5.41. The van der Waals surface area contributed by atoms with E-state index in [1.165, 1.54) is 6.42 Å². The molecule has 2 atom stereocenters. The Hall–Kier alpha value is -1.36. The van der Waals surface area contributed by atoms with E-state index < -0.39 is 0 Å². The normalized spacial score (nSPS) is 24.2. The fourth-order valence-electron chi connectivity index (χ4n) is 2.42. The van der Waals surface area contributed by atoms with Gasteiger partial charge in [0.25, 0.3) is 0 Å². The van der Waals surface area contributed by atoms with Crippen molar-refractivity contribution in [1.82, 2.24) is 14.9 Å². The molecule has 0 saturated carbocycles. The van der Waals surface area contributed by atoms with Crippen molar-refractivity contribution in [1.29, 1.82) is 0 Å². The van der Waals surface area contributed by atoms with Gasteiger partial charge in [-0.2, -0.15) is 0 Å². The smallest absolute Gasteiger partial charge is 0.131 e. The molecule has 2 heterocycles. The van der Waals surface area contributed by atoms with Crippen LogP contribution in [0.1, 0.15) is 33.1 Å². The van der Waals surface area contributed by atoms with Crippen LogP contribution in [0.3, 0.4) is 0 Å². The molecular weight excluding hydrogens is 238 g/mol. The molecule has 1 aromatic heterocycles. The largest absolute Gasteiger partial charge is 0.370 e. The van der Waals surface area contributed by atoms with E-state index in [1.54, 1.807) is 6.33 Å². The Balaban J connectivity index is 1.91. The summed E-state index contributed by atoms with van der Waals surface area (Å²) in [7, 11) is 2.19. The lowest BCUT2D eigenvalue weighted by Crippen LogP contribution is -2.42. The zero-order valence-electron chi connectivity index (χ0n) is 12.2. The van der Waals surface area contributed by atoms with Gasteiger partial charge in [-0.15, -0.1) is 0 Å². The molecule has 1 fully saturated rings. The predicted octanol–water partition coefficient (Wildman–Crippen LogP) is 2.19. The summed E-state index contributed by atoms with van der Waals surface area (Å²) in [6.45, 7) is 6.52. The fourth-order valence-corrected chi connectivity index (χ4v) is 2.42. The zero-order valence-corrected chi connectivity index (χ0v) is 12.2. The number of nitrogens with zero attached hydrogens (tertiary/aromatic N) is 3. The maximum Gasteiger partial charge on any atom is 0.131 e. The summed E-state index contributed by atoms with van der Waals surface area (Å²) < 4.78 is 0. The molecule has 0 aromatic carbocycles. The van der Waals surface area contributed by atoms with Crippen molar-refractivity contribution >= 4 is 11.6 Å². The van der Waals surface area contributed by atoms with Crippen molar-refractivity contribution < 1.29 is 0 Å². The van der Waals surface area contributed by atoms with Crippen LogP contribution < -0.4 is 10.6 Å². The maximum atomic E-state index is 4.31. The lowest BCUT2D eigenvalue weighted by atomic mass is 9.99. The molecule has 5 heteroatoms. The third-order valence-corrected chi connectivity index (χ3v) is 3.78. The van der Waals surface area contributed by atoms with Crippen LogP contribution in [0.25, 0.3) is 0 Å². The first kappa shape index (κ1) is 14.1. The molecule has 1 saturated heterocycles. The third kappa shape index (κ3) is 4.06. The van der Waals surface area contributed by atoms with Gasteiger partial charge in [-0.25, -0.2) is 9.97 Å². The number of piperidine rings is 1. The lowest BCUT2D eigenvalue weighted by Gasteiger charge is -2.35. The van der Waals surface area contributed by atoms with Gasteiger partial charge in [-0.3, -0.25) is 0 Å². The summed E-state index contributed by atoms with van der Waals surface area (Å²) in [5, 5.41) is 6.82. The molecule has 0 radical (unpaired) electrons. The van der Waals surface area contributed by atoms with Gasteiger partial charge in [-0.1, -0.05) is 6.92 Å². The van der Waals surface area contributed by atoms with Gasteiger partial charge in [0.1, 0.15) is 18.0 Å². The minimum absolute atomic E-state index is 0.514. The first-order valence-corrected chi connectivity index (χ1v) is 7.21. The van der Waals surface area contributed by atoms with Crippen molar-refractivity contribution in [3.05, 3.63) is 12.4 Å². The summed E-state index contributed by atoms with van der Waals surface area (Å²) in [6, 6.07) is 3.14. The number of anilines is 2. The number of rotatable bonds is 5. The van der Waals surface area contributed by atoms with Crippen molar-refractivity contribution in [2.45, 2.75) is 45.2 Å². The van der Waals surface area contributed by atoms with Crippen LogP contribution >= 0.6 is 0 Å². The highest BCUT2D eigenvalue weighted by atomic mass is 15.2. The third-order valence-electron chi connectivity index (χ3n) is 3.78. The predicted molar refractivity (Wildman–Crippen MR) is 79.5 cm³/mol. The summed E-state index contributed by atoms with van der Waals surface area (Å²) in [5.41, 5.74) is 0. The van der Waals surface area contributed by atoms with Crippen LogP contribution in [0.2, 0.25) is 0 Å². The molecule has 19 heavy (non-hydrogen) atoms. The Morgan fingerprint density at radius 3 is 2.89 bits per heavy atom. The van der Waals surface area contributed by atoms with Crippen LogP contribution in [0.5, 0.6) is 0 Å². The van der Waals surface area contributed by atoms with Gasteiger partial charge in [-0.05, 0) is 33.2 Å². The molecule has 0 spiro atoms. The highest BCUT2D eigenvalue weighted by Gasteiger charge is 2.22. The molecule has 1 aliphatic rings. The van der Waals surface area contributed by atoms with Gasteiger partial charge < -0.3 is 15.5 Å². The average Bonchev–Trinajstić information content (AvgIpc) is 2.41. The minimum atomic E-state index is 0.514. The lowest BCUT2D eigenvalue weighted by molar-refractivity contribution is 0.190. The molecule has 5 nitrogen and oxygen atoms in total. The molecule has 2 rings (SSSR count). The van der Waals surface area contributed by atoms with Crippen LogP contribution in [-0.2, 0) is 0 Å². The first-order chi connectivity index (χ1) is 9.19. The Labute approximate surface area is 115 Å². The van der Waals surface area contributed by atoms with E-state index in [4.69, 9.17) is 0 Å². The SMILES string of the molecule is CCCNc1cc(NC2CCN(C)C(C)C2)ncn1. The summed E-state index contributed by atoms with van der Waals surface area (Å²) >= 11 is 0. The molecule has 0 aliphatic carbocycles. The summed E-state index contributed by atoms with van der Waals surface area (Å²) in [6.07, 6.45) is 5.05. The second-order valence-corrected chi connectivity index (χ2v) is 5.41. The molecule has 1 aromatic rings. The van der Waals surface area contributed by atoms with Gasteiger partial charge in [0.2, 0.25) is 0 Å². The number of aromatic nitrogens is 2. The summed E-state index contributed by atoms with van der Waals surface area (Å²) in [4.78, 5) is 10.9. The Kier molecular flexibility index (Phi) is 4.96. The molecule has 2 unspecified atom stereocenters. The minimum Gasteiger partial charge on any atom is -0.370 e. The Bertz CT molecular complexity index is 395. The highest BCUT2D eigenvalue weighted by Crippen LogP contribution is 2.19. The van der Waals surface area contributed by atoms with Crippen LogP contribution in [0.15, 0.2) is 12.4 Å². The standard InChI is InChI=1S/C14H25N5/c1-4-6-15-13-9-14(17-10-16-13)18-12-5-7-19(3)11(2)8-12/h9-12H,4-8H2,1-3H3,(H2,15,16,17,18). The van der Waals surface area contributed by atoms with E-state index in [0.29, 0.717) is 12.1 Å². The first-order valence-electron chi connectivity index (χ1n) is 7.21. The van der Waals surface area contributed by atoms with E-state index in [-0.39, 0.29) is 0 Å². The van der Waals surface area contributed by atoms with Gasteiger partial charge >= 0.3 is 0 Å². The molecule has 2 N–H and O–H groups in total. The average molecular weight is 263 g/mol. The topological polar surface area (TPSA) is 53.1 Å². The van der Waals surface area contributed by atoms with Crippen molar-refractivity contribution in [3.8, 4) is 0 Å². The number of nitrogens with one attached hydrogen (secondary N) is 2. The zero-order chi connectivity index (χ0) is 13.7. The van der Waals surface area contributed by atoms with E-state index in [2.05, 4.69) is 46.4 Å². The van der Waals surface area contributed by atoms with Crippen LogP contribution in [0, 0.1) is 0 Å². The quantitative estimate of drug-likeness (QED) is 0.853. The molecule has 1 aliphatic heterocycles. The summed E-state index contributed by atoms with van der Waals surface area (Å²) in [5.74, 6) is 1.83. The maximum absolute atomic E-state index is 4.31. The van der Waals surface area contributed by atoms with E-state index in [9.17, 15) is 0 Å².